The molecule has 1 saturated heterocycles. The number of sulfonamides is 1. The van der Waals surface area contributed by atoms with Crippen molar-refractivity contribution in [3.63, 3.8) is 0 Å². The third-order valence-electron chi connectivity index (χ3n) is 7.82. The van der Waals surface area contributed by atoms with Gasteiger partial charge in [0.15, 0.2) is 0 Å². The second-order valence-corrected chi connectivity index (χ2v) is 16.0. The number of esters is 2. The van der Waals surface area contributed by atoms with Crippen LogP contribution in [0, 0.1) is 0 Å². The van der Waals surface area contributed by atoms with Crippen molar-refractivity contribution in [2.75, 3.05) is 26.4 Å². The number of rotatable bonds is 15. The van der Waals surface area contributed by atoms with Crippen LogP contribution in [0.5, 0.6) is 0 Å². The first-order valence-electron chi connectivity index (χ1n) is 16.0. The maximum Gasteiger partial charge on any atom is 0.411 e. The van der Waals surface area contributed by atoms with Crippen molar-refractivity contribution < 1.29 is 46.6 Å². The van der Waals surface area contributed by atoms with Crippen molar-refractivity contribution in [1.29, 1.82) is 0 Å². The van der Waals surface area contributed by atoms with E-state index in [-0.39, 0.29) is 43.2 Å². The topological polar surface area (TPSA) is 204 Å². The first kappa shape index (κ1) is 43.0. The SMILES string of the molecule is CCOC(=O)[C@@H]1CC(NNC(=O)c2ccc(Cl)c(S(N)(=O)=O)c2)CN1C(=O)[C@H](C)N(C(=O)OCC(Cl)(Cl)Cl)[C@@H](CCc1ccccc1)C(=O)OCC. The fourth-order valence-corrected chi connectivity index (χ4v) is 6.67. The van der Waals surface area contributed by atoms with E-state index in [0.29, 0.717) is 6.42 Å². The smallest absolute Gasteiger partial charge is 0.411 e. The summed E-state index contributed by atoms with van der Waals surface area (Å²) in [5.74, 6) is -3.12. The van der Waals surface area contributed by atoms with E-state index in [0.717, 1.165) is 21.4 Å². The molecule has 0 bridgehead atoms. The third-order valence-corrected chi connectivity index (χ3v) is 9.54. The zero-order chi connectivity index (χ0) is 38.8. The molecule has 0 aromatic heterocycles. The number of hydrogen-bond donors (Lipinski definition) is 3. The van der Waals surface area contributed by atoms with Crippen molar-refractivity contribution in [3.8, 4) is 0 Å². The lowest BCUT2D eigenvalue weighted by atomic mass is 10.0. The molecule has 1 fully saturated rings. The number of nitrogens with two attached hydrogens (primary N) is 1. The van der Waals surface area contributed by atoms with E-state index < -0.39 is 79.3 Å². The number of aryl methyl sites for hydroxylation is 1. The number of hydrogen-bond acceptors (Lipinski definition) is 11. The Kier molecular flexibility index (Phi) is 15.8. The summed E-state index contributed by atoms with van der Waals surface area (Å²) < 4.78 is 37.5. The van der Waals surface area contributed by atoms with Crippen LogP contribution in [0.2, 0.25) is 5.02 Å². The van der Waals surface area contributed by atoms with Crippen LogP contribution in [0.1, 0.15) is 49.5 Å². The molecule has 0 aliphatic carbocycles. The molecule has 1 aliphatic rings. The van der Waals surface area contributed by atoms with Crippen LogP contribution in [-0.4, -0.2) is 102 Å². The predicted octanol–water partition coefficient (Wildman–Crippen LogP) is 3.52. The minimum atomic E-state index is -4.24. The fourth-order valence-electron chi connectivity index (χ4n) is 5.44. The predicted molar refractivity (Wildman–Crippen MR) is 192 cm³/mol. The van der Waals surface area contributed by atoms with Gasteiger partial charge in [-0.1, -0.05) is 76.7 Å². The highest BCUT2D eigenvalue weighted by atomic mass is 35.6. The average molecular weight is 828 g/mol. The van der Waals surface area contributed by atoms with Crippen molar-refractivity contribution in [3.05, 3.63) is 64.7 Å². The molecular formula is C32H39Cl4N5O10S. The molecule has 286 valence electrons. The second-order valence-electron chi connectivity index (χ2n) is 11.5. The van der Waals surface area contributed by atoms with Gasteiger partial charge in [-0.25, -0.2) is 33.4 Å². The van der Waals surface area contributed by atoms with Crippen LogP contribution in [-0.2, 0) is 45.0 Å². The van der Waals surface area contributed by atoms with Gasteiger partial charge in [-0.3, -0.25) is 19.9 Å². The molecule has 0 saturated carbocycles. The number of likely N-dealkylation sites (tertiary alicyclic amines) is 1. The number of carbonyl (C=O) groups excluding carboxylic acids is 5. The first-order valence-corrected chi connectivity index (χ1v) is 19.0. The van der Waals surface area contributed by atoms with Gasteiger partial charge in [0, 0.05) is 18.2 Å². The zero-order valence-electron chi connectivity index (χ0n) is 28.4. The highest BCUT2D eigenvalue weighted by Crippen LogP contribution is 2.28. The molecule has 15 nitrogen and oxygen atoms in total. The van der Waals surface area contributed by atoms with E-state index >= 15 is 0 Å². The Morgan fingerprint density at radius 2 is 1.67 bits per heavy atom. The van der Waals surface area contributed by atoms with Gasteiger partial charge in [0.25, 0.3) is 5.91 Å². The van der Waals surface area contributed by atoms with Crippen LogP contribution in [0.4, 0.5) is 4.79 Å². The third kappa shape index (κ3) is 12.1. The van der Waals surface area contributed by atoms with Crippen LogP contribution < -0.4 is 16.0 Å². The fraction of sp³-hybridized carbons (Fsp3) is 0.469. The Labute approximate surface area is 321 Å². The van der Waals surface area contributed by atoms with Gasteiger partial charge >= 0.3 is 18.0 Å². The highest BCUT2D eigenvalue weighted by molar-refractivity contribution is 7.89. The molecule has 1 heterocycles. The number of halogens is 4. The molecule has 0 spiro atoms. The number of amides is 3. The Bertz CT molecular complexity index is 1710. The molecule has 4 N–H and O–H groups in total. The van der Waals surface area contributed by atoms with Crippen molar-refractivity contribution in [2.45, 2.75) is 72.9 Å². The molecule has 3 rings (SSSR count). The van der Waals surface area contributed by atoms with Gasteiger partial charge in [0.2, 0.25) is 19.7 Å². The number of carbonyl (C=O) groups is 5. The highest BCUT2D eigenvalue weighted by Gasteiger charge is 2.46. The minimum absolute atomic E-state index is 0.00933. The maximum atomic E-state index is 14.3. The van der Waals surface area contributed by atoms with E-state index in [1.165, 1.54) is 19.1 Å². The molecule has 2 aromatic rings. The van der Waals surface area contributed by atoms with E-state index in [4.69, 9.17) is 65.8 Å². The quantitative estimate of drug-likeness (QED) is 0.103. The Balaban J connectivity index is 1.91. The molecule has 1 aliphatic heterocycles. The lowest BCUT2D eigenvalue weighted by Gasteiger charge is -2.36. The normalized spacial score (nSPS) is 17.1. The molecule has 20 heteroatoms. The van der Waals surface area contributed by atoms with Crippen molar-refractivity contribution >= 4 is 86.3 Å². The van der Waals surface area contributed by atoms with Crippen LogP contribution in [0.25, 0.3) is 0 Å². The Morgan fingerprint density at radius 1 is 1.02 bits per heavy atom. The number of hydrazine groups is 1. The summed E-state index contributed by atoms with van der Waals surface area (Å²) in [6.07, 6.45) is -0.895. The van der Waals surface area contributed by atoms with Gasteiger partial charge in [-0.2, -0.15) is 0 Å². The van der Waals surface area contributed by atoms with Gasteiger partial charge in [0.1, 0.15) is 29.6 Å². The van der Waals surface area contributed by atoms with E-state index in [1.54, 1.807) is 26.0 Å². The number of benzene rings is 2. The summed E-state index contributed by atoms with van der Waals surface area (Å²) in [5, 5.41) is 5.01. The summed E-state index contributed by atoms with van der Waals surface area (Å²) in [6.45, 7) is 3.58. The van der Waals surface area contributed by atoms with Gasteiger partial charge in [-0.15, -0.1) is 0 Å². The molecule has 52 heavy (non-hydrogen) atoms. The summed E-state index contributed by atoms with van der Waals surface area (Å²) in [4.78, 5) is 69.0. The molecule has 1 unspecified atom stereocenters. The van der Waals surface area contributed by atoms with E-state index in [2.05, 4.69) is 10.9 Å². The molecular weight excluding hydrogens is 788 g/mol. The number of alkyl halides is 3. The minimum Gasteiger partial charge on any atom is -0.464 e. The maximum absolute atomic E-state index is 14.3. The molecule has 0 radical (unpaired) electrons. The number of primary sulfonamides is 1. The Hall–Kier alpha value is -3.38. The lowest BCUT2D eigenvalue weighted by molar-refractivity contribution is -0.157. The van der Waals surface area contributed by atoms with E-state index in [9.17, 15) is 32.4 Å². The molecule has 2 aromatic carbocycles. The van der Waals surface area contributed by atoms with Crippen LogP contribution in [0.3, 0.4) is 0 Å². The molecule has 3 amide bonds. The largest absolute Gasteiger partial charge is 0.464 e. The summed E-state index contributed by atoms with van der Waals surface area (Å²) in [7, 11) is -4.24. The monoisotopic (exact) mass is 825 g/mol. The number of ether oxygens (including phenoxy) is 3. The number of nitrogens with one attached hydrogen (secondary N) is 2. The summed E-state index contributed by atoms with van der Waals surface area (Å²) >= 11 is 23.4. The van der Waals surface area contributed by atoms with Gasteiger partial charge in [0.05, 0.1) is 18.2 Å². The van der Waals surface area contributed by atoms with Crippen LogP contribution in [0.15, 0.2) is 53.4 Å². The number of nitrogens with zero attached hydrogens (tertiary/aromatic N) is 2. The van der Waals surface area contributed by atoms with E-state index in [1.807, 2.05) is 18.2 Å². The lowest BCUT2D eigenvalue weighted by Crippen LogP contribution is -2.58. The van der Waals surface area contributed by atoms with Crippen molar-refractivity contribution in [1.82, 2.24) is 20.7 Å². The van der Waals surface area contributed by atoms with Gasteiger partial charge < -0.3 is 19.1 Å². The average Bonchev–Trinajstić information content (AvgIpc) is 3.52. The molecule has 4 atom stereocenters. The van der Waals surface area contributed by atoms with Crippen molar-refractivity contribution in [2.24, 2.45) is 5.14 Å². The standard InChI is InChI=1S/C32H39Cl4N5O10S/c1-4-49-29(44)24(14-11-20-9-7-6-8-10-20)41(31(46)51-18-32(34,35)36)19(3)28(43)40-17-22(16-25(40)30(45)50-5-2)38-39-27(42)21-12-13-23(33)26(15-21)52(37,47)48/h6-10,12-13,15,19,22,24-25,38H,4-5,11,14,16-18H2,1-3H3,(H,39,42)(H2,37,47,48)/t19-,22?,24-,25-/m0/s1. The second kappa shape index (κ2) is 19.1. The summed E-state index contributed by atoms with van der Waals surface area (Å²) in [6, 6.07) is 7.83. The van der Waals surface area contributed by atoms with Crippen LogP contribution >= 0.6 is 46.4 Å². The first-order chi connectivity index (χ1) is 24.4. The Morgan fingerprint density at radius 3 is 2.27 bits per heavy atom. The zero-order valence-corrected chi connectivity index (χ0v) is 32.2. The van der Waals surface area contributed by atoms with Gasteiger partial charge in [-0.05, 0) is 63.8 Å². The summed E-state index contributed by atoms with van der Waals surface area (Å²) in [5.41, 5.74) is 5.91.